The Bertz CT molecular complexity index is 759. The van der Waals surface area contributed by atoms with E-state index in [1.807, 2.05) is 26.0 Å². The van der Waals surface area contributed by atoms with E-state index in [9.17, 15) is 8.42 Å². The number of sulfonamides is 1. The van der Waals surface area contributed by atoms with Crippen LogP contribution in [0.1, 0.15) is 25.0 Å². The van der Waals surface area contributed by atoms with Crippen LogP contribution in [0, 0.1) is 0 Å². The first-order valence-corrected chi connectivity index (χ1v) is 11.6. The zero-order chi connectivity index (χ0) is 21.3. The zero-order valence-electron chi connectivity index (χ0n) is 17.9. The quantitative estimate of drug-likeness (QED) is 0.473. The van der Waals surface area contributed by atoms with Gasteiger partial charge in [-0.05, 0) is 25.0 Å². The van der Waals surface area contributed by atoms with Crippen LogP contribution in [0.15, 0.2) is 29.3 Å². The molecule has 1 saturated heterocycles. The van der Waals surface area contributed by atoms with Gasteiger partial charge in [-0.3, -0.25) is 4.99 Å². The highest BCUT2D eigenvalue weighted by atomic mass is 32.2. The maximum Gasteiger partial charge on any atom is 0.216 e. The van der Waals surface area contributed by atoms with Crippen molar-refractivity contribution in [3.8, 4) is 0 Å². The highest BCUT2D eigenvalue weighted by molar-refractivity contribution is 7.89. The van der Waals surface area contributed by atoms with Crippen LogP contribution in [0.25, 0.3) is 0 Å². The molecule has 2 rings (SSSR count). The van der Waals surface area contributed by atoms with E-state index >= 15 is 0 Å². The number of aliphatic imine (C=N–C) groups is 1. The van der Waals surface area contributed by atoms with E-state index in [-0.39, 0.29) is 18.5 Å². The summed E-state index contributed by atoms with van der Waals surface area (Å²) < 4.78 is 37.2. The molecule has 0 unspecified atom stereocenters. The standard InChI is InChI=1S/C20H34N4O4S/c1-17(2)28-13-14-29(25,26)24-11-9-23(10-12-24)20(21-3)22-15-18-7-5-6-8-19(18)16-27-4/h5-8,17H,9-16H2,1-4H3,(H,21,22). The number of rotatable bonds is 9. The molecule has 1 aliphatic heterocycles. The van der Waals surface area contributed by atoms with Crippen molar-refractivity contribution in [2.24, 2.45) is 4.99 Å². The van der Waals surface area contributed by atoms with Gasteiger partial charge < -0.3 is 19.7 Å². The minimum atomic E-state index is -3.29. The molecule has 1 heterocycles. The normalized spacial score (nSPS) is 16.4. The van der Waals surface area contributed by atoms with Gasteiger partial charge in [0, 0.05) is 46.9 Å². The Morgan fingerprint density at radius 2 is 1.83 bits per heavy atom. The zero-order valence-corrected chi connectivity index (χ0v) is 18.7. The second-order valence-electron chi connectivity index (χ2n) is 7.22. The minimum absolute atomic E-state index is 0.0223. The van der Waals surface area contributed by atoms with Crippen LogP contribution in [0.3, 0.4) is 0 Å². The molecule has 1 N–H and O–H groups in total. The van der Waals surface area contributed by atoms with Gasteiger partial charge in [-0.15, -0.1) is 0 Å². The molecule has 8 nitrogen and oxygen atoms in total. The third kappa shape index (κ3) is 7.26. The molecule has 0 radical (unpaired) electrons. The summed E-state index contributed by atoms with van der Waals surface area (Å²) in [6.45, 7) is 7.33. The molecule has 0 saturated carbocycles. The minimum Gasteiger partial charge on any atom is -0.380 e. The molecular weight excluding hydrogens is 392 g/mol. The average molecular weight is 427 g/mol. The monoisotopic (exact) mass is 426 g/mol. The summed E-state index contributed by atoms with van der Waals surface area (Å²) in [6, 6.07) is 8.12. The van der Waals surface area contributed by atoms with E-state index < -0.39 is 10.0 Å². The lowest BCUT2D eigenvalue weighted by molar-refractivity contribution is 0.0904. The van der Waals surface area contributed by atoms with Gasteiger partial charge in [-0.1, -0.05) is 24.3 Å². The number of hydrogen-bond donors (Lipinski definition) is 1. The second-order valence-corrected chi connectivity index (χ2v) is 9.31. The van der Waals surface area contributed by atoms with E-state index in [0.29, 0.717) is 39.3 Å². The predicted molar refractivity (Wildman–Crippen MR) is 115 cm³/mol. The summed E-state index contributed by atoms with van der Waals surface area (Å²) in [6.07, 6.45) is 0.0328. The van der Waals surface area contributed by atoms with Crippen molar-refractivity contribution < 1.29 is 17.9 Å². The van der Waals surface area contributed by atoms with Crippen molar-refractivity contribution in [3.63, 3.8) is 0 Å². The number of methoxy groups -OCH3 is 1. The number of nitrogens with zero attached hydrogens (tertiary/aromatic N) is 3. The molecule has 1 aromatic rings. The predicted octanol–water partition coefficient (Wildman–Crippen LogP) is 1.28. The summed E-state index contributed by atoms with van der Waals surface area (Å²) in [5.41, 5.74) is 2.29. The molecule has 0 spiro atoms. The van der Waals surface area contributed by atoms with Gasteiger partial charge in [0.1, 0.15) is 0 Å². The van der Waals surface area contributed by atoms with Crippen LogP contribution in [-0.2, 0) is 32.6 Å². The van der Waals surface area contributed by atoms with Crippen molar-refractivity contribution in [1.82, 2.24) is 14.5 Å². The van der Waals surface area contributed by atoms with Crippen LogP contribution in [0.4, 0.5) is 0 Å². The molecule has 1 aromatic carbocycles. The summed E-state index contributed by atoms with van der Waals surface area (Å²) in [7, 11) is 0.137. The maximum atomic E-state index is 12.5. The fraction of sp³-hybridized carbons (Fsp3) is 0.650. The van der Waals surface area contributed by atoms with Crippen molar-refractivity contribution >= 4 is 16.0 Å². The Labute approximate surface area is 174 Å². The van der Waals surface area contributed by atoms with E-state index in [2.05, 4.69) is 27.3 Å². The molecule has 0 aliphatic carbocycles. The van der Waals surface area contributed by atoms with Gasteiger partial charge in [0.05, 0.1) is 25.1 Å². The molecule has 164 valence electrons. The number of benzene rings is 1. The molecule has 1 aliphatic rings. The topological polar surface area (TPSA) is 83.5 Å². The number of guanidine groups is 1. The van der Waals surface area contributed by atoms with E-state index in [1.165, 1.54) is 0 Å². The van der Waals surface area contributed by atoms with Crippen LogP contribution in [-0.4, -0.2) is 82.4 Å². The molecule has 9 heteroatoms. The van der Waals surface area contributed by atoms with Crippen LogP contribution in [0.5, 0.6) is 0 Å². The number of nitrogens with one attached hydrogen (secondary N) is 1. The molecule has 0 bridgehead atoms. The molecule has 0 atom stereocenters. The first-order chi connectivity index (χ1) is 13.9. The van der Waals surface area contributed by atoms with Crippen LogP contribution >= 0.6 is 0 Å². The van der Waals surface area contributed by atoms with Crippen LogP contribution < -0.4 is 5.32 Å². The lowest BCUT2D eigenvalue weighted by atomic mass is 10.1. The summed E-state index contributed by atoms with van der Waals surface area (Å²) >= 11 is 0. The van der Waals surface area contributed by atoms with Crippen molar-refractivity contribution in [1.29, 1.82) is 0 Å². The van der Waals surface area contributed by atoms with Gasteiger partial charge in [0.15, 0.2) is 5.96 Å². The van der Waals surface area contributed by atoms with E-state index in [4.69, 9.17) is 9.47 Å². The van der Waals surface area contributed by atoms with Crippen molar-refractivity contribution in [3.05, 3.63) is 35.4 Å². The Morgan fingerprint density at radius 1 is 1.17 bits per heavy atom. The first kappa shape index (κ1) is 23.6. The highest BCUT2D eigenvalue weighted by Gasteiger charge is 2.28. The smallest absolute Gasteiger partial charge is 0.216 e. The maximum absolute atomic E-state index is 12.5. The van der Waals surface area contributed by atoms with Crippen molar-refractivity contribution in [2.75, 3.05) is 52.7 Å². The summed E-state index contributed by atoms with van der Waals surface area (Å²) in [5, 5.41) is 3.39. The second kappa shape index (κ2) is 11.5. The SMILES string of the molecule is CN=C(NCc1ccccc1COC)N1CCN(S(=O)(=O)CCOC(C)C)CC1. The third-order valence-corrected chi connectivity index (χ3v) is 6.63. The van der Waals surface area contributed by atoms with Gasteiger partial charge in [-0.2, -0.15) is 4.31 Å². The third-order valence-electron chi connectivity index (χ3n) is 4.79. The van der Waals surface area contributed by atoms with Gasteiger partial charge in [-0.25, -0.2) is 8.42 Å². The van der Waals surface area contributed by atoms with Crippen molar-refractivity contribution in [2.45, 2.75) is 33.1 Å². The summed E-state index contributed by atoms with van der Waals surface area (Å²) in [4.78, 5) is 6.46. The average Bonchev–Trinajstić information content (AvgIpc) is 2.70. The van der Waals surface area contributed by atoms with E-state index in [1.54, 1.807) is 18.5 Å². The Balaban J connectivity index is 1.87. The Kier molecular flexibility index (Phi) is 9.35. The lowest BCUT2D eigenvalue weighted by Crippen LogP contribution is -2.54. The number of piperazine rings is 1. The molecular formula is C20H34N4O4S. The van der Waals surface area contributed by atoms with Gasteiger partial charge >= 0.3 is 0 Å². The molecule has 1 fully saturated rings. The molecule has 0 amide bonds. The number of ether oxygens (including phenoxy) is 2. The van der Waals surface area contributed by atoms with Gasteiger partial charge in [0.25, 0.3) is 0 Å². The number of hydrogen-bond acceptors (Lipinski definition) is 5. The Morgan fingerprint density at radius 3 is 2.41 bits per heavy atom. The summed E-state index contributed by atoms with van der Waals surface area (Å²) in [5.74, 6) is 0.798. The fourth-order valence-corrected chi connectivity index (χ4v) is 4.51. The fourth-order valence-electron chi connectivity index (χ4n) is 3.23. The molecule has 29 heavy (non-hydrogen) atoms. The van der Waals surface area contributed by atoms with Gasteiger partial charge in [0.2, 0.25) is 10.0 Å². The molecule has 0 aromatic heterocycles. The van der Waals surface area contributed by atoms with E-state index in [0.717, 1.165) is 17.1 Å². The Hall–Kier alpha value is -1.68. The van der Waals surface area contributed by atoms with Crippen LogP contribution in [0.2, 0.25) is 0 Å². The first-order valence-electron chi connectivity index (χ1n) is 9.98. The largest absolute Gasteiger partial charge is 0.380 e. The highest BCUT2D eigenvalue weighted by Crippen LogP contribution is 2.12. The lowest BCUT2D eigenvalue weighted by Gasteiger charge is -2.36.